The van der Waals surface area contributed by atoms with Gasteiger partial charge < -0.3 is 5.73 Å². The number of hydrogen-bond acceptors (Lipinski definition) is 4. The summed E-state index contributed by atoms with van der Waals surface area (Å²) in [6.45, 7) is 0.159. The molecule has 0 saturated carbocycles. The molecule has 1 aromatic heterocycles. The standard InChI is InChI=1S/C11H12ClN3O2/c12-8-5-14-4-3-7(8)6-15-10(16)2-1-9(13)11(15)17/h3-5,9H,1-2,6,13H2. The number of amides is 2. The quantitative estimate of drug-likeness (QED) is 0.788. The molecule has 2 amide bonds. The first-order valence-corrected chi connectivity index (χ1v) is 5.65. The van der Waals surface area contributed by atoms with Crippen LogP contribution in [0.5, 0.6) is 0 Å². The van der Waals surface area contributed by atoms with Crippen molar-refractivity contribution in [1.82, 2.24) is 9.88 Å². The Kier molecular flexibility index (Phi) is 3.40. The van der Waals surface area contributed by atoms with Crippen LogP contribution in [0.2, 0.25) is 5.02 Å². The Hall–Kier alpha value is -1.46. The Bertz CT molecular complexity index is 464. The number of nitrogens with zero attached hydrogens (tertiary/aromatic N) is 2. The van der Waals surface area contributed by atoms with Crippen molar-refractivity contribution in [2.45, 2.75) is 25.4 Å². The predicted octanol–water partition coefficient (Wildman–Crippen LogP) is 0.711. The summed E-state index contributed by atoms with van der Waals surface area (Å²) in [4.78, 5) is 28.4. The number of hydrogen-bond donors (Lipinski definition) is 1. The monoisotopic (exact) mass is 253 g/mol. The summed E-state index contributed by atoms with van der Waals surface area (Å²) >= 11 is 5.93. The minimum atomic E-state index is -0.590. The molecule has 1 aliphatic heterocycles. The van der Waals surface area contributed by atoms with E-state index < -0.39 is 6.04 Å². The van der Waals surface area contributed by atoms with Gasteiger partial charge in [-0.1, -0.05) is 11.6 Å². The van der Waals surface area contributed by atoms with Gasteiger partial charge in [0.25, 0.3) is 0 Å². The molecule has 1 unspecified atom stereocenters. The van der Waals surface area contributed by atoms with Crippen molar-refractivity contribution in [2.24, 2.45) is 5.73 Å². The molecule has 1 aromatic rings. The molecule has 2 rings (SSSR count). The van der Waals surface area contributed by atoms with E-state index in [1.807, 2.05) is 0 Å². The second kappa shape index (κ2) is 4.81. The molecule has 6 heteroatoms. The van der Waals surface area contributed by atoms with Gasteiger partial charge in [0.1, 0.15) is 0 Å². The number of pyridine rings is 1. The van der Waals surface area contributed by atoms with Crippen LogP contribution in [-0.2, 0) is 16.1 Å². The summed E-state index contributed by atoms with van der Waals surface area (Å²) in [6.07, 6.45) is 3.77. The van der Waals surface area contributed by atoms with Crippen molar-refractivity contribution in [3.8, 4) is 0 Å². The summed E-state index contributed by atoms with van der Waals surface area (Å²) < 4.78 is 0. The van der Waals surface area contributed by atoms with Gasteiger partial charge in [-0.25, -0.2) is 0 Å². The number of carbonyl (C=O) groups is 2. The second-order valence-corrected chi connectivity index (χ2v) is 4.34. The fraction of sp³-hybridized carbons (Fsp3) is 0.364. The molecule has 1 aliphatic rings. The lowest BCUT2D eigenvalue weighted by atomic mass is 10.0. The van der Waals surface area contributed by atoms with Crippen molar-refractivity contribution in [3.05, 3.63) is 29.0 Å². The first kappa shape index (κ1) is 12.0. The van der Waals surface area contributed by atoms with Crippen molar-refractivity contribution < 1.29 is 9.59 Å². The third kappa shape index (κ3) is 2.45. The van der Waals surface area contributed by atoms with E-state index in [1.54, 1.807) is 12.3 Å². The highest BCUT2D eigenvalue weighted by Gasteiger charge is 2.32. The van der Waals surface area contributed by atoms with Gasteiger partial charge in [-0.05, 0) is 18.1 Å². The second-order valence-electron chi connectivity index (χ2n) is 3.93. The lowest BCUT2D eigenvalue weighted by Crippen LogP contribution is -2.50. The number of aromatic nitrogens is 1. The molecular formula is C11H12ClN3O2. The van der Waals surface area contributed by atoms with Gasteiger partial charge in [-0.2, -0.15) is 0 Å². The average Bonchev–Trinajstić information content (AvgIpc) is 2.32. The van der Waals surface area contributed by atoms with Crippen molar-refractivity contribution >= 4 is 23.4 Å². The van der Waals surface area contributed by atoms with Gasteiger partial charge in [-0.15, -0.1) is 0 Å². The number of halogens is 1. The molecule has 1 saturated heterocycles. The smallest absolute Gasteiger partial charge is 0.246 e. The summed E-state index contributed by atoms with van der Waals surface area (Å²) in [7, 11) is 0. The van der Waals surface area contributed by atoms with Crippen LogP contribution in [0.1, 0.15) is 18.4 Å². The first-order chi connectivity index (χ1) is 8.09. The molecule has 1 fully saturated rings. The molecule has 0 bridgehead atoms. The van der Waals surface area contributed by atoms with Crippen LogP contribution in [0.4, 0.5) is 0 Å². The van der Waals surface area contributed by atoms with Crippen LogP contribution in [-0.4, -0.2) is 27.7 Å². The van der Waals surface area contributed by atoms with Crippen LogP contribution in [0.25, 0.3) is 0 Å². The molecule has 2 heterocycles. The maximum absolute atomic E-state index is 11.8. The van der Waals surface area contributed by atoms with E-state index in [0.717, 1.165) is 4.90 Å². The number of carbonyl (C=O) groups excluding carboxylic acids is 2. The zero-order chi connectivity index (χ0) is 12.4. The predicted molar refractivity (Wildman–Crippen MR) is 62.0 cm³/mol. The van der Waals surface area contributed by atoms with E-state index in [1.165, 1.54) is 6.20 Å². The van der Waals surface area contributed by atoms with Crippen LogP contribution in [0, 0.1) is 0 Å². The lowest BCUT2D eigenvalue weighted by Gasteiger charge is -2.28. The van der Waals surface area contributed by atoms with Crippen LogP contribution >= 0.6 is 11.6 Å². The summed E-state index contributed by atoms with van der Waals surface area (Å²) in [5, 5.41) is 0.437. The van der Waals surface area contributed by atoms with E-state index in [-0.39, 0.29) is 18.4 Å². The van der Waals surface area contributed by atoms with E-state index >= 15 is 0 Å². The van der Waals surface area contributed by atoms with E-state index in [4.69, 9.17) is 17.3 Å². The fourth-order valence-electron chi connectivity index (χ4n) is 1.73. The van der Waals surface area contributed by atoms with Gasteiger partial charge in [0, 0.05) is 18.8 Å². The number of nitrogens with two attached hydrogens (primary N) is 1. The fourth-order valence-corrected chi connectivity index (χ4v) is 1.91. The van der Waals surface area contributed by atoms with Crippen molar-refractivity contribution in [3.63, 3.8) is 0 Å². The highest BCUT2D eigenvalue weighted by atomic mass is 35.5. The van der Waals surface area contributed by atoms with Gasteiger partial charge >= 0.3 is 0 Å². The molecular weight excluding hydrogens is 242 g/mol. The zero-order valence-corrected chi connectivity index (χ0v) is 9.85. The first-order valence-electron chi connectivity index (χ1n) is 5.28. The van der Waals surface area contributed by atoms with Gasteiger partial charge in [-0.3, -0.25) is 19.5 Å². The molecule has 0 aromatic carbocycles. The molecule has 0 aliphatic carbocycles. The topological polar surface area (TPSA) is 76.3 Å². The summed E-state index contributed by atoms with van der Waals surface area (Å²) in [6, 6.07) is 1.09. The third-order valence-electron chi connectivity index (χ3n) is 2.74. The van der Waals surface area contributed by atoms with Crippen molar-refractivity contribution in [2.75, 3.05) is 0 Å². The van der Waals surface area contributed by atoms with Crippen molar-refractivity contribution in [1.29, 1.82) is 0 Å². The minimum absolute atomic E-state index is 0.159. The Morgan fingerprint density at radius 3 is 3.00 bits per heavy atom. The highest BCUT2D eigenvalue weighted by Crippen LogP contribution is 2.19. The van der Waals surface area contributed by atoms with Gasteiger partial charge in [0.15, 0.2) is 0 Å². The van der Waals surface area contributed by atoms with Gasteiger partial charge in [0.2, 0.25) is 11.8 Å². The van der Waals surface area contributed by atoms with Crippen LogP contribution < -0.4 is 5.73 Å². The Balaban J connectivity index is 2.20. The zero-order valence-electron chi connectivity index (χ0n) is 9.10. The molecule has 0 spiro atoms. The molecule has 90 valence electrons. The molecule has 5 nitrogen and oxygen atoms in total. The molecule has 0 radical (unpaired) electrons. The molecule has 2 N–H and O–H groups in total. The molecule has 17 heavy (non-hydrogen) atoms. The van der Waals surface area contributed by atoms with Crippen LogP contribution in [0.15, 0.2) is 18.5 Å². The number of rotatable bonds is 2. The minimum Gasteiger partial charge on any atom is -0.320 e. The number of piperidine rings is 1. The lowest BCUT2D eigenvalue weighted by molar-refractivity contribution is -0.149. The Labute approximate surface area is 104 Å². The average molecular weight is 254 g/mol. The molecule has 1 atom stereocenters. The number of likely N-dealkylation sites (tertiary alicyclic amines) is 1. The van der Waals surface area contributed by atoms with Gasteiger partial charge in [0.05, 0.1) is 17.6 Å². The Morgan fingerprint density at radius 1 is 1.53 bits per heavy atom. The largest absolute Gasteiger partial charge is 0.320 e. The Morgan fingerprint density at radius 2 is 2.29 bits per heavy atom. The SMILES string of the molecule is NC1CCC(=O)N(Cc2ccncc2Cl)C1=O. The normalized spacial score (nSPS) is 20.8. The maximum atomic E-state index is 11.8. The van der Waals surface area contributed by atoms with Crippen LogP contribution in [0.3, 0.4) is 0 Å². The number of imide groups is 1. The highest BCUT2D eigenvalue weighted by molar-refractivity contribution is 6.31. The van der Waals surface area contributed by atoms with E-state index in [9.17, 15) is 9.59 Å². The van der Waals surface area contributed by atoms with E-state index in [0.29, 0.717) is 23.4 Å². The van der Waals surface area contributed by atoms with E-state index in [2.05, 4.69) is 4.98 Å². The third-order valence-corrected chi connectivity index (χ3v) is 3.08. The summed E-state index contributed by atoms with van der Waals surface area (Å²) in [5.74, 6) is -0.543. The summed E-state index contributed by atoms with van der Waals surface area (Å²) in [5.41, 5.74) is 6.33. The maximum Gasteiger partial charge on any atom is 0.246 e.